The van der Waals surface area contributed by atoms with Crippen molar-refractivity contribution in [2.45, 2.75) is 6.17 Å². The molecule has 0 saturated heterocycles. The lowest BCUT2D eigenvalue weighted by Gasteiger charge is -2.31. The highest BCUT2D eigenvalue weighted by Gasteiger charge is 2.41. The van der Waals surface area contributed by atoms with Crippen LogP contribution in [0.4, 0.5) is 17.1 Å². The topological polar surface area (TPSA) is 57.5 Å². The zero-order chi connectivity index (χ0) is 15.8. The lowest BCUT2D eigenvalue weighted by atomic mass is 10.2. The fraction of sp³-hybridized carbons (Fsp3) is 0.118. The number of aliphatic imine (C=N–C) groups is 1. The minimum atomic E-state index is -0.474. The molecule has 0 spiro atoms. The number of ether oxygens (including phenoxy) is 1. The minimum Gasteiger partial charge on any atom is -0.463 e. The highest BCUT2D eigenvalue weighted by atomic mass is 16.5. The third kappa shape index (κ3) is 2.07. The summed E-state index contributed by atoms with van der Waals surface area (Å²) < 4.78 is 4.90. The van der Waals surface area contributed by atoms with Gasteiger partial charge in [-0.1, -0.05) is 30.3 Å². The SMILES string of the molecule is COC(=O)C1=NN(c2ccccc2)C2C=Nc3ccccc3N12. The first kappa shape index (κ1) is 13.5. The van der Waals surface area contributed by atoms with Crippen LogP contribution < -0.4 is 9.91 Å². The monoisotopic (exact) mass is 306 g/mol. The summed E-state index contributed by atoms with van der Waals surface area (Å²) in [6.45, 7) is 0. The van der Waals surface area contributed by atoms with Crippen molar-refractivity contribution in [3.63, 3.8) is 0 Å². The lowest BCUT2D eigenvalue weighted by molar-refractivity contribution is -0.132. The normalized spacial score (nSPS) is 18.3. The second-order valence-electron chi connectivity index (χ2n) is 5.15. The van der Waals surface area contributed by atoms with E-state index < -0.39 is 5.97 Å². The van der Waals surface area contributed by atoms with Gasteiger partial charge in [0.15, 0.2) is 6.17 Å². The third-order valence-corrected chi connectivity index (χ3v) is 3.82. The van der Waals surface area contributed by atoms with Crippen LogP contribution in [0.15, 0.2) is 64.7 Å². The van der Waals surface area contributed by atoms with Gasteiger partial charge in [-0.05, 0) is 24.3 Å². The highest BCUT2D eigenvalue weighted by molar-refractivity contribution is 6.43. The maximum atomic E-state index is 12.2. The second-order valence-corrected chi connectivity index (χ2v) is 5.15. The number of methoxy groups -OCH3 is 1. The predicted molar refractivity (Wildman–Crippen MR) is 89.2 cm³/mol. The summed E-state index contributed by atoms with van der Waals surface area (Å²) in [5.41, 5.74) is 2.52. The van der Waals surface area contributed by atoms with Crippen LogP contribution in [-0.4, -0.2) is 31.3 Å². The Bertz CT molecular complexity index is 816. The zero-order valence-corrected chi connectivity index (χ0v) is 12.5. The molecule has 2 heterocycles. The molecular formula is C17H14N4O2. The third-order valence-electron chi connectivity index (χ3n) is 3.82. The maximum absolute atomic E-state index is 12.2. The number of hydrogen-bond donors (Lipinski definition) is 0. The molecule has 23 heavy (non-hydrogen) atoms. The fourth-order valence-electron chi connectivity index (χ4n) is 2.78. The van der Waals surface area contributed by atoms with E-state index in [1.807, 2.05) is 59.5 Å². The van der Waals surface area contributed by atoms with Gasteiger partial charge in [0.05, 0.1) is 30.4 Å². The molecule has 0 radical (unpaired) electrons. The summed E-state index contributed by atoms with van der Waals surface area (Å²) in [5, 5.41) is 6.25. The van der Waals surface area contributed by atoms with Gasteiger partial charge in [0, 0.05) is 0 Å². The van der Waals surface area contributed by atoms with Gasteiger partial charge in [-0.2, -0.15) is 0 Å². The van der Waals surface area contributed by atoms with Gasteiger partial charge < -0.3 is 4.74 Å². The van der Waals surface area contributed by atoms with E-state index in [1.165, 1.54) is 7.11 Å². The molecule has 0 aromatic heterocycles. The molecule has 1 unspecified atom stereocenters. The van der Waals surface area contributed by atoms with E-state index in [1.54, 1.807) is 11.2 Å². The Balaban J connectivity index is 1.85. The van der Waals surface area contributed by atoms with Crippen LogP contribution in [0, 0.1) is 0 Å². The average molecular weight is 306 g/mol. The second kappa shape index (κ2) is 5.24. The maximum Gasteiger partial charge on any atom is 0.376 e. The molecule has 6 nitrogen and oxygen atoms in total. The standard InChI is InChI=1S/C17H14N4O2/c1-23-17(22)16-19-21(12-7-3-2-4-8-12)15-11-18-13-9-5-6-10-14(13)20(15)16/h2-11,15H,1H3. The number of fused-ring (bicyclic) bond motifs is 3. The van der Waals surface area contributed by atoms with Crippen molar-refractivity contribution in [2.75, 3.05) is 17.0 Å². The van der Waals surface area contributed by atoms with Crippen LogP contribution in [0.3, 0.4) is 0 Å². The molecule has 2 aliphatic rings. The highest BCUT2D eigenvalue weighted by Crippen LogP contribution is 2.38. The lowest BCUT2D eigenvalue weighted by Crippen LogP contribution is -2.47. The molecule has 2 aromatic rings. The van der Waals surface area contributed by atoms with Crippen molar-refractivity contribution in [3.8, 4) is 0 Å². The van der Waals surface area contributed by atoms with Gasteiger partial charge in [-0.3, -0.25) is 9.89 Å². The summed E-state index contributed by atoms with van der Waals surface area (Å²) in [6, 6.07) is 17.3. The fourth-order valence-corrected chi connectivity index (χ4v) is 2.78. The van der Waals surface area contributed by atoms with Crippen molar-refractivity contribution < 1.29 is 9.53 Å². The number of nitrogens with zero attached hydrogens (tertiary/aromatic N) is 4. The molecule has 0 amide bonds. The van der Waals surface area contributed by atoms with Gasteiger partial charge in [-0.25, -0.2) is 9.80 Å². The van der Waals surface area contributed by atoms with Crippen LogP contribution in [0.25, 0.3) is 0 Å². The van der Waals surface area contributed by atoms with E-state index in [4.69, 9.17) is 4.74 Å². The number of hydrogen-bond acceptors (Lipinski definition) is 6. The summed E-state index contributed by atoms with van der Waals surface area (Å²) in [7, 11) is 1.36. The Morgan fingerprint density at radius 2 is 1.83 bits per heavy atom. The first-order valence-electron chi connectivity index (χ1n) is 7.23. The van der Waals surface area contributed by atoms with E-state index in [9.17, 15) is 4.79 Å². The van der Waals surface area contributed by atoms with Crippen molar-refractivity contribution in [2.24, 2.45) is 10.1 Å². The molecule has 2 aliphatic heterocycles. The van der Waals surface area contributed by atoms with E-state index in [-0.39, 0.29) is 12.0 Å². The van der Waals surface area contributed by atoms with Crippen molar-refractivity contribution >= 4 is 35.1 Å². The van der Waals surface area contributed by atoms with E-state index in [2.05, 4.69) is 10.1 Å². The molecule has 0 saturated carbocycles. The predicted octanol–water partition coefficient (Wildman–Crippen LogP) is 2.54. The largest absolute Gasteiger partial charge is 0.463 e. The summed E-state index contributed by atoms with van der Waals surface area (Å²) in [5.74, 6) is -0.224. The first-order valence-corrected chi connectivity index (χ1v) is 7.23. The van der Waals surface area contributed by atoms with E-state index >= 15 is 0 Å². The van der Waals surface area contributed by atoms with Gasteiger partial charge >= 0.3 is 5.97 Å². The molecule has 2 aromatic carbocycles. The van der Waals surface area contributed by atoms with E-state index in [0.29, 0.717) is 0 Å². The number of anilines is 2. The Hall–Kier alpha value is -3.15. The van der Waals surface area contributed by atoms with Crippen LogP contribution in [0.2, 0.25) is 0 Å². The molecule has 4 rings (SSSR count). The number of benzene rings is 2. The minimum absolute atomic E-state index is 0.250. The molecule has 1 atom stereocenters. The average Bonchev–Trinajstić information content (AvgIpc) is 3.02. The Labute approximate surface area is 133 Å². The number of rotatable bonds is 2. The van der Waals surface area contributed by atoms with Gasteiger partial charge in [0.1, 0.15) is 0 Å². The Morgan fingerprint density at radius 3 is 2.61 bits per heavy atom. The van der Waals surface area contributed by atoms with Crippen LogP contribution in [-0.2, 0) is 9.53 Å². The molecule has 0 N–H and O–H groups in total. The molecule has 0 fully saturated rings. The Kier molecular flexibility index (Phi) is 3.08. The molecule has 0 bridgehead atoms. The molecule has 114 valence electrons. The van der Waals surface area contributed by atoms with Gasteiger partial charge in [-0.15, -0.1) is 5.10 Å². The van der Waals surface area contributed by atoms with Crippen molar-refractivity contribution in [3.05, 3.63) is 54.6 Å². The number of carbonyl (C=O) groups excluding carboxylic acids is 1. The quantitative estimate of drug-likeness (QED) is 0.800. The van der Waals surface area contributed by atoms with Gasteiger partial charge in [0.2, 0.25) is 5.84 Å². The summed E-state index contributed by atoms with van der Waals surface area (Å²) >= 11 is 0. The Morgan fingerprint density at radius 1 is 1.09 bits per heavy atom. The summed E-state index contributed by atoms with van der Waals surface area (Å²) in [4.78, 5) is 18.5. The molecular weight excluding hydrogens is 292 g/mol. The van der Waals surface area contributed by atoms with Crippen molar-refractivity contribution in [1.82, 2.24) is 0 Å². The number of amidine groups is 1. The number of esters is 1. The number of carbonyl (C=O) groups is 1. The van der Waals surface area contributed by atoms with Crippen LogP contribution in [0.1, 0.15) is 0 Å². The number of hydrazone groups is 1. The van der Waals surface area contributed by atoms with E-state index in [0.717, 1.165) is 17.1 Å². The van der Waals surface area contributed by atoms with Gasteiger partial charge in [0.25, 0.3) is 0 Å². The van der Waals surface area contributed by atoms with Crippen LogP contribution >= 0.6 is 0 Å². The number of para-hydroxylation sites is 3. The molecule has 6 heteroatoms. The zero-order valence-electron chi connectivity index (χ0n) is 12.5. The van der Waals surface area contributed by atoms with Crippen molar-refractivity contribution in [1.29, 1.82) is 0 Å². The smallest absolute Gasteiger partial charge is 0.376 e. The summed E-state index contributed by atoms with van der Waals surface area (Å²) in [6.07, 6.45) is 1.50. The molecule has 0 aliphatic carbocycles. The first-order chi connectivity index (χ1) is 11.3. The van der Waals surface area contributed by atoms with Crippen LogP contribution in [0.5, 0.6) is 0 Å².